The summed E-state index contributed by atoms with van der Waals surface area (Å²) in [5.41, 5.74) is -0.110. The highest BCUT2D eigenvalue weighted by molar-refractivity contribution is 6.18. The molecular formula is C16H18ClF3O. The summed E-state index contributed by atoms with van der Waals surface area (Å²) in [4.78, 5) is 0. The molecule has 1 saturated carbocycles. The second-order valence-electron chi connectivity index (χ2n) is 6.25. The molecule has 1 aromatic rings. The Labute approximate surface area is 127 Å². The number of halogens is 4. The second kappa shape index (κ2) is 5.47. The maximum Gasteiger partial charge on any atom is 0.416 e. The SMILES string of the molecule is FC(F)(F)c1cccc(CC2(CCl)CCOC2C2CC2)c1. The van der Waals surface area contributed by atoms with E-state index < -0.39 is 11.7 Å². The Morgan fingerprint density at radius 2 is 2.05 bits per heavy atom. The zero-order valence-corrected chi connectivity index (χ0v) is 12.4. The van der Waals surface area contributed by atoms with Crippen LogP contribution in [0.2, 0.25) is 0 Å². The van der Waals surface area contributed by atoms with E-state index in [0.717, 1.165) is 25.3 Å². The molecule has 2 fully saturated rings. The molecule has 21 heavy (non-hydrogen) atoms. The average molecular weight is 319 g/mol. The van der Waals surface area contributed by atoms with Crippen molar-refractivity contribution in [2.75, 3.05) is 12.5 Å². The third-order valence-corrected chi connectivity index (χ3v) is 5.16. The number of ether oxygens (including phenoxy) is 1. The highest BCUT2D eigenvalue weighted by Gasteiger charge is 2.50. The van der Waals surface area contributed by atoms with E-state index in [4.69, 9.17) is 16.3 Å². The van der Waals surface area contributed by atoms with Gasteiger partial charge in [-0.05, 0) is 43.2 Å². The van der Waals surface area contributed by atoms with Crippen LogP contribution in [0.15, 0.2) is 24.3 Å². The summed E-state index contributed by atoms with van der Waals surface area (Å²) in [6, 6.07) is 5.59. The van der Waals surface area contributed by atoms with Crippen molar-refractivity contribution in [2.45, 2.75) is 38.0 Å². The topological polar surface area (TPSA) is 9.23 Å². The third-order valence-electron chi connectivity index (χ3n) is 4.63. The van der Waals surface area contributed by atoms with Gasteiger partial charge in [0.05, 0.1) is 11.7 Å². The highest BCUT2D eigenvalue weighted by Crippen LogP contribution is 2.50. The van der Waals surface area contributed by atoms with Crippen LogP contribution in [0.1, 0.15) is 30.4 Å². The zero-order chi connectivity index (χ0) is 15.1. The molecule has 0 spiro atoms. The van der Waals surface area contributed by atoms with Crippen molar-refractivity contribution >= 4 is 11.6 Å². The Balaban J connectivity index is 1.84. The lowest BCUT2D eigenvalue weighted by molar-refractivity contribution is -0.137. The van der Waals surface area contributed by atoms with Crippen LogP contribution in [0.4, 0.5) is 13.2 Å². The van der Waals surface area contributed by atoms with E-state index in [1.54, 1.807) is 6.07 Å². The molecule has 0 amide bonds. The van der Waals surface area contributed by atoms with Gasteiger partial charge in [-0.2, -0.15) is 13.2 Å². The predicted molar refractivity (Wildman–Crippen MR) is 75.4 cm³/mol. The molecule has 2 atom stereocenters. The van der Waals surface area contributed by atoms with Gasteiger partial charge < -0.3 is 4.74 Å². The van der Waals surface area contributed by atoms with Gasteiger partial charge >= 0.3 is 6.18 Å². The zero-order valence-electron chi connectivity index (χ0n) is 11.6. The van der Waals surface area contributed by atoms with Crippen molar-refractivity contribution in [3.63, 3.8) is 0 Å². The Hall–Kier alpha value is -0.740. The van der Waals surface area contributed by atoms with Gasteiger partial charge in [-0.1, -0.05) is 18.2 Å². The Morgan fingerprint density at radius 3 is 2.67 bits per heavy atom. The normalized spacial score (nSPS) is 29.8. The molecular weight excluding hydrogens is 301 g/mol. The molecule has 116 valence electrons. The molecule has 1 heterocycles. The van der Waals surface area contributed by atoms with E-state index in [1.807, 2.05) is 0 Å². The lowest BCUT2D eigenvalue weighted by Crippen LogP contribution is -2.36. The fourth-order valence-electron chi connectivity index (χ4n) is 3.39. The number of alkyl halides is 4. The molecule has 0 aromatic heterocycles. The van der Waals surface area contributed by atoms with Crippen molar-refractivity contribution in [1.82, 2.24) is 0 Å². The molecule has 1 nitrogen and oxygen atoms in total. The largest absolute Gasteiger partial charge is 0.416 e. The minimum Gasteiger partial charge on any atom is -0.377 e. The minimum atomic E-state index is -4.30. The third kappa shape index (κ3) is 3.07. The highest BCUT2D eigenvalue weighted by atomic mass is 35.5. The monoisotopic (exact) mass is 318 g/mol. The van der Waals surface area contributed by atoms with E-state index in [9.17, 15) is 13.2 Å². The number of hydrogen-bond acceptors (Lipinski definition) is 1. The molecule has 5 heteroatoms. The molecule has 1 aliphatic carbocycles. The Kier molecular flexibility index (Phi) is 3.95. The predicted octanol–water partition coefficient (Wildman–Crippen LogP) is 4.67. The van der Waals surface area contributed by atoms with Gasteiger partial charge in [0.25, 0.3) is 0 Å². The molecule has 1 saturated heterocycles. The van der Waals surface area contributed by atoms with E-state index in [1.165, 1.54) is 12.1 Å². The maximum absolute atomic E-state index is 12.8. The van der Waals surface area contributed by atoms with Gasteiger partial charge in [-0.25, -0.2) is 0 Å². The van der Waals surface area contributed by atoms with Gasteiger partial charge in [-0.3, -0.25) is 0 Å². The number of hydrogen-bond donors (Lipinski definition) is 0. The number of benzene rings is 1. The molecule has 1 aromatic carbocycles. The summed E-state index contributed by atoms with van der Waals surface area (Å²) in [5.74, 6) is 0.974. The van der Waals surface area contributed by atoms with Crippen molar-refractivity contribution in [2.24, 2.45) is 11.3 Å². The van der Waals surface area contributed by atoms with E-state index in [-0.39, 0.29) is 11.5 Å². The molecule has 2 aliphatic rings. The van der Waals surface area contributed by atoms with Crippen LogP contribution in [0.3, 0.4) is 0 Å². The van der Waals surface area contributed by atoms with Crippen LogP contribution >= 0.6 is 11.6 Å². The first-order valence-corrected chi connectivity index (χ1v) is 7.82. The van der Waals surface area contributed by atoms with Crippen LogP contribution in [0.5, 0.6) is 0 Å². The summed E-state index contributed by atoms with van der Waals surface area (Å²) >= 11 is 6.21. The lowest BCUT2D eigenvalue weighted by Gasteiger charge is -2.32. The van der Waals surface area contributed by atoms with Crippen molar-refractivity contribution in [3.05, 3.63) is 35.4 Å². The number of rotatable bonds is 4. The fraction of sp³-hybridized carbons (Fsp3) is 0.625. The molecule has 0 bridgehead atoms. The van der Waals surface area contributed by atoms with Crippen LogP contribution < -0.4 is 0 Å². The van der Waals surface area contributed by atoms with E-state index in [2.05, 4.69) is 0 Å². The van der Waals surface area contributed by atoms with Gasteiger partial charge in [-0.15, -0.1) is 11.6 Å². The first-order valence-electron chi connectivity index (χ1n) is 7.28. The summed E-state index contributed by atoms with van der Waals surface area (Å²) in [7, 11) is 0. The van der Waals surface area contributed by atoms with Gasteiger partial charge in [0.1, 0.15) is 0 Å². The van der Waals surface area contributed by atoms with Crippen LogP contribution in [-0.2, 0) is 17.3 Å². The van der Waals surface area contributed by atoms with Crippen molar-refractivity contribution < 1.29 is 17.9 Å². The smallest absolute Gasteiger partial charge is 0.377 e. The van der Waals surface area contributed by atoms with Crippen LogP contribution in [-0.4, -0.2) is 18.6 Å². The Morgan fingerprint density at radius 1 is 1.29 bits per heavy atom. The molecule has 1 aliphatic heterocycles. The molecule has 0 radical (unpaired) electrons. The first-order chi connectivity index (χ1) is 9.94. The lowest BCUT2D eigenvalue weighted by atomic mass is 9.75. The van der Waals surface area contributed by atoms with E-state index >= 15 is 0 Å². The maximum atomic E-state index is 12.8. The van der Waals surface area contributed by atoms with Gasteiger partial charge in [0.15, 0.2) is 0 Å². The fourth-order valence-corrected chi connectivity index (χ4v) is 3.77. The summed E-state index contributed by atoms with van der Waals surface area (Å²) in [6.45, 7) is 0.660. The Bertz CT molecular complexity index is 512. The molecule has 0 N–H and O–H groups in total. The van der Waals surface area contributed by atoms with E-state index in [0.29, 0.717) is 30.4 Å². The standard InChI is InChI=1S/C16H18ClF3O/c17-10-15(6-7-21-14(15)12-4-5-12)9-11-2-1-3-13(8-11)16(18,19)20/h1-3,8,12,14H,4-7,9-10H2. The summed E-state index contributed by atoms with van der Waals surface area (Å²) in [6.07, 6.45) is -0.524. The van der Waals surface area contributed by atoms with Crippen LogP contribution in [0.25, 0.3) is 0 Å². The minimum absolute atomic E-state index is 0.101. The quantitative estimate of drug-likeness (QED) is 0.733. The first kappa shape index (κ1) is 15.2. The van der Waals surface area contributed by atoms with Crippen molar-refractivity contribution in [3.8, 4) is 0 Å². The average Bonchev–Trinajstić information content (AvgIpc) is 3.20. The second-order valence-corrected chi connectivity index (χ2v) is 6.52. The molecule has 2 unspecified atom stereocenters. The van der Waals surface area contributed by atoms with Crippen LogP contribution in [0, 0.1) is 11.3 Å². The summed E-state index contributed by atoms with van der Waals surface area (Å²) in [5, 5.41) is 0. The molecule has 3 rings (SSSR count). The summed E-state index contributed by atoms with van der Waals surface area (Å²) < 4.78 is 44.3. The van der Waals surface area contributed by atoms with Gasteiger partial charge in [0, 0.05) is 17.9 Å². The van der Waals surface area contributed by atoms with Crippen molar-refractivity contribution in [1.29, 1.82) is 0 Å². The van der Waals surface area contributed by atoms with Gasteiger partial charge in [0.2, 0.25) is 0 Å².